The number of carbonyl (C=O) groups is 1. The van der Waals surface area contributed by atoms with E-state index in [0.717, 1.165) is 0 Å². The number of alkyl halides is 1. The lowest BCUT2D eigenvalue weighted by Crippen LogP contribution is -2.20. The van der Waals surface area contributed by atoms with Gasteiger partial charge in [0.05, 0.1) is 23.2 Å². The maximum absolute atomic E-state index is 11.2. The zero-order chi connectivity index (χ0) is 12.1. The number of phenols is 1. The zero-order valence-electron chi connectivity index (χ0n) is 8.90. The van der Waals surface area contributed by atoms with Crippen LogP contribution < -0.4 is 5.32 Å². The molecule has 0 aromatic heterocycles. The van der Waals surface area contributed by atoms with Crippen molar-refractivity contribution in [3.63, 3.8) is 0 Å². The molecule has 1 unspecified atom stereocenters. The van der Waals surface area contributed by atoms with Crippen molar-refractivity contribution in [2.24, 2.45) is 0 Å². The van der Waals surface area contributed by atoms with E-state index in [2.05, 4.69) is 5.32 Å². The highest BCUT2D eigenvalue weighted by molar-refractivity contribution is 6.18. The van der Waals surface area contributed by atoms with Crippen molar-refractivity contribution >= 4 is 23.1 Å². The van der Waals surface area contributed by atoms with E-state index in [0.29, 0.717) is 5.69 Å². The fraction of sp³-hybridized carbons (Fsp3) is 0.364. The molecule has 1 aromatic carbocycles. The van der Waals surface area contributed by atoms with Crippen LogP contribution in [0.25, 0.3) is 0 Å². The Labute approximate surface area is 98.9 Å². The summed E-state index contributed by atoms with van der Waals surface area (Å²) < 4.78 is 0. The Morgan fingerprint density at radius 3 is 2.81 bits per heavy atom. The average molecular weight is 244 g/mol. The van der Waals surface area contributed by atoms with Gasteiger partial charge in [0.1, 0.15) is 5.75 Å². The predicted octanol–water partition coefficient (Wildman–Crippen LogP) is 1.61. The van der Waals surface area contributed by atoms with Crippen molar-refractivity contribution in [3.05, 3.63) is 23.8 Å². The van der Waals surface area contributed by atoms with Gasteiger partial charge >= 0.3 is 0 Å². The van der Waals surface area contributed by atoms with E-state index in [-0.39, 0.29) is 29.5 Å². The van der Waals surface area contributed by atoms with E-state index in [1.165, 1.54) is 6.92 Å². The topological polar surface area (TPSA) is 69.6 Å². The zero-order valence-corrected chi connectivity index (χ0v) is 9.66. The van der Waals surface area contributed by atoms with E-state index in [9.17, 15) is 15.0 Å². The maximum atomic E-state index is 11.2. The molecule has 0 spiro atoms. The molecule has 0 aliphatic carbocycles. The third-order valence-corrected chi connectivity index (χ3v) is 2.48. The van der Waals surface area contributed by atoms with E-state index >= 15 is 0 Å². The number of hydrogen-bond donors (Lipinski definition) is 3. The molecule has 4 nitrogen and oxygen atoms in total. The van der Waals surface area contributed by atoms with Crippen molar-refractivity contribution in [3.8, 4) is 5.75 Å². The third-order valence-electron chi connectivity index (χ3n) is 2.12. The summed E-state index contributed by atoms with van der Waals surface area (Å²) in [6.07, 6.45) is -0.693. The molecule has 0 bridgehead atoms. The van der Waals surface area contributed by atoms with E-state index in [1.54, 1.807) is 18.2 Å². The van der Waals surface area contributed by atoms with Crippen LogP contribution in [0.4, 0.5) is 5.69 Å². The smallest absolute Gasteiger partial charge is 0.163 e. The molecule has 1 aromatic rings. The van der Waals surface area contributed by atoms with Crippen LogP contribution in [0, 0.1) is 0 Å². The summed E-state index contributed by atoms with van der Waals surface area (Å²) in [7, 11) is 0. The largest absolute Gasteiger partial charge is 0.505 e. The first-order valence-corrected chi connectivity index (χ1v) is 5.40. The Morgan fingerprint density at radius 2 is 2.25 bits per heavy atom. The maximum Gasteiger partial charge on any atom is 0.163 e. The van der Waals surface area contributed by atoms with Gasteiger partial charge in [-0.25, -0.2) is 0 Å². The second-order valence-corrected chi connectivity index (χ2v) is 3.76. The van der Waals surface area contributed by atoms with Crippen LogP contribution in [-0.2, 0) is 0 Å². The Bertz CT molecular complexity index is 381. The molecule has 0 aliphatic rings. The Kier molecular flexibility index (Phi) is 4.58. The van der Waals surface area contributed by atoms with E-state index in [1.807, 2.05) is 0 Å². The number of benzene rings is 1. The fourth-order valence-electron chi connectivity index (χ4n) is 1.25. The van der Waals surface area contributed by atoms with E-state index in [4.69, 9.17) is 11.6 Å². The highest BCUT2D eigenvalue weighted by atomic mass is 35.5. The number of carbonyl (C=O) groups excluding carboxylic acids is 1. The summed E-state index contributed by atoms with van der Waals surface area (Å²) in [5, 5.41) is 21.8. The second kappa shape index (κ2) is 5.72. The summed E-state index contributed by atoms with van der Waals surface area (Å²) in [6, 6.07) is 4.83. The molecular formula is C11H14ClNO3. The number of nitrogens with one attached hydrogen (secondary N) is 1. The highest BCUT2D eigenvalue weighted by Crippen LogP contribution is 2.27. The second-order valence-electron chi connectivity index (χ2n) is 3.45. The molecule has 0 saturated heterocycles. The number of Topliss-reactive ketones (excluding diaryl/α,β-unsaturated/α-hetero) is 1. The van der Waals surface area contributed by atoms with Crippen molar-refractivity contribution in [2.75, 3.05) is 17.7 Å². The number of rotatable bonds is 5. The number of hydrogen-bond acceptors (Lipinski definition) is 4. The number of anilines is 1. The molecule has 1 rings (SSSR count). The van der Waals surface area contributed by atoms with Crippen LogP contribution in [0.5, 0.6) is 5.75 Å². The minimum Gasteiger partial charge on any atom is -0.505 e. The quantitative estimate of drug-likeness (QED) is 0.418. The Hall–Kier alpha value is -1.26. The molecule has 0 aliphatic heterocycles. The average Bonchev–Trinajstić information content (AvgIpc) is 2.26. The normalized spacial score (nSPS) is 12.2. The van der Waals surface area contributed by atoms with Gasteiger partial charge in [-0.3, -0.25) is 4.79 Å². The summed E-state index contributed by atoms with van der Waals surface area (Å²) in [6.45, 7) is 1.60. The van der Waals surface area contributed by atoms with Gasteiger partial charge in [0.2, 0.25) is 0 Å². The van der Waals surface area contributed by atoms with Crippen LogP contribution in [0.3, 0.4) is 0 Å². The first-order chi connectivity index (χ1) is 7.56. The minimum absolute atomic E-state index is 0.100. The summed E-state index contributed by atoms with van der Waals surface area (Å²) in [4.78, 5) is 11.2. The molecule has 3 N–H and O–H groups in total. The molecule has 0 amide bonds. The number of aromatic hydroxyl groups is 1. The number of phenolic OH excluding ortho intramolecular Hbond substituents is 1. The summed E-state index contributed by atoms with van der Waals surface area (Å²) >= 11 is 5.43. The minimum atomic E-state index is -0.693. The van der Waals surface area contributed by atoms with Gasteiger partial charge in [0, 0.05) is 6.54 Å². The van der Waals surface area contributed by atoms with Crippen LogP contribution in [-0.4, -0.2) is 34.5 Å². The molecule has 16 heavy (non-hydrogen) atoms. The Balaban J connectivity index is 2.81. The van der Waals surface area contributed by atoms with Gasteiger partial charge in [-0.05, 0) is 19.1 Å². The van der Waals surface area contributed by atoms with Gasteiger partial charge in [-0.2, -0.15) is 0 Å². The van der Waals surface area contributed by atoms with E-state index < -0.39 is 6.10 Å². The van der Waals surface area contributed by atoms with Gasteiger partial charge in [-0.15, -0.1) is 11.6 Å². The summed E-state index contributed by atoms with van der Waals surface area (Å²) in [5.41, 5.74) is 0.669. The van der Waals surface area contributed by atoms with Crippen molar-refractivity contribution in [1.82, 2.24) is 0 Å². The lowest BCUT2D eigenvalue weighted by molar-refractivity contribution is 0.101. The van der Waals surface area contributed by atoms with Gasteiger partial charge in [0.25, 0.3) is 0 Å². The van der Waals surface area contributed by atoms with Gasteiger partial charge < -0.3 is 15.5 Å². The first-order valence-electron chi connectivity index (χ1n) is 4.87. The monoisotopic (exact) mass is 243 g/mol. The summed E-state index contributed by atoms with van der Waals surface area (Å²) in [5.74, 6) is -0.198. The standard InChI is InChI=1S/C11H14ClNO3/c1-7(14)9-3-2-4-10(11(9)16)13-6-8(15)5-12/h2-4,8,13,15-16H,5-6H2,1H3. The number of para-hydroxylation sites is 1. The lowest BCUT2D eigenvalue weighted by atomic mass is 10.1. The lowest BCUT2D eigenvalue weighted by Gasteiger charge is -2.12. The highest BCUT2D eigenvalue weighted by Gasteiger charge is 2.11. The van der Waals surface area contributed by atoms with Gasteiger partial charge in [0.15, 0.2) is 5.78 Å². The SMILES string of the molecule is CC(=O)c1cccc(NCC(O)CCl)c1O. The molecular weight excluding hydrogens is 230 g/mol. The molecule has 1 atom stereocenters. The molecule has 0 heterocycles. The van der Waals surface area contributed by atoms with Crippen LogP contribution in [0.15, 0.2) is 18.2 Å². The van der Waals surface area contributed by atoms with Crippen LogP contribution >= 0.6 is 11.6 Å². The predicted molar refractivity (Wildman–Crippen MR) is 63.3 cm³/mol. The number of aliphatic hydroxyl groups is 1. The number of halogens is 1. The van der Waals surface area contributed by atoms with Crippen molar-refractivity contribution in [1.29, 1.82) is 0 Å². The van der Waals surface area contributed by atoms with Crippen molar-refractivity contribution in [2.45, 2.75) is 13.0 Å². The first kappa shape index (κ1) is 12.8. The van der Waals surface area contributed by atoms with Gasteiger partial charge in [-0.1, -0.05) is 6.07 Å². The molecule has 0 fully saturated rings. The number of aliphatic hydroxyl groups excluding tert-OH is 1. The van der Waals surface area contributed by atoms with Crippen molar-refractivity contribution < 1.29 is 15.0 Å². The molecule has 88 valence electrons. The fourth-order valence-corrected chi connectivity index (χ4v) is 1.36. The van der Waals surface area contributed by atoms with Crippen LogP contribution in [0.1, 0.15) is 17.3 Å². The molecule has 0 saturated carbocycles. The third kappa shape index (κ3) is 3.12. The Morgan fingerprint density at radius 1 is 1.56 bits per heavy atom. The molecule has 0 radical (unpaired) electrons. The number of ketones is 1. The molecule has 5 heteroatoms. The van der Waals surface area contributed by atoms with Crippen LogP contribution in [0.2, 0.25) is 0 Å².